The fourth-order valence-corrected chi connectivity index (χ4v) is 4.38. The normalized spacial score (nSPS) is 11.2. The Morgan fingerprint density at radius 3 is 2.02 bits per heavy atom. The van der Waals surface area contributed by atoms with Gasteiger partial charge in [-0.1, -0.05) is 37.4 Å². The molecule has 1 aromatic heterocycles. The van der Waals surface area contributed by atoms with Gasteiger partial charge in [-0.3, -0.25) is 4.79 Å². The Bertz CT molecular complexity index is 1590. The van der Waals surface area contributed by atoms with Crippen molar-refractivity contribution in [2.75, 3.05) is 13.2 Å². The maximum Gasteiger partial charge on any atom is 0.344 e. The second kappa shape index (κ2) is 15.3. The van der Waals surface area contributed by atoms with Crippen LogP contribution >= 0.6 is 0 Å². The van der Waals surface area contributed by atoms with Crippen LogP contribution in [-0.2, 0) is 36.7 Å². The van der Waals surface area contributed by atoms with Gasteiger partial charge in [0.15, 0.2) is 0 Å². The number of fused-ring (bicyclic) bond motifs is 1. The third-order valence-corrected chi connectivity index (χ3v) is 6.92. The summed E-state index contributed by atoms with van der Waals surface area (Å²) in [5.41, 5.74) is 3.16. The van der Waals surface area contributed by atoms with Crippen LogP contribution in [-0.4, -0.2) is 31.1 Å². The number of ether oxygens (including phenoxy) is 3. The quantitative estimate of drug-likeness (QED) is 0.0622. The lowest BCUT2D eigenvalue weighted by atomic mass is 9.94. The molecule has 0 aliphatic rings. The number of aryl methyl sites for hydroxylation is 2. The van der Waals surface area contributed by atoms with E-state index in [1.807, 2.05) is 39.0 Å². The molecule has 0 spiro atoms. The van der Waals surface area contributed by atoms with Crippen molar-refractivity contribution in [3.63, 3.8) is 0 Å². The van der Waals surface area contributed by atoms with E-state index in [4.69, 9.17) is 18.6 Å². The van der Waals surface area contributed by atoms with Gasteiger partial charge in [-0.2, -0.15) is 0 Å². The zero-order valence-electron chi connectivity index (χ0n) is 26.4. The van der Waals surface area contributed by atoms with Crippen molar-refractivity contribution in [3.8, 4) is 16.9 Å². The van der Waals surface area contributed by atoms with Crippen LogP contribution in [0.5, 0.6) is 5.75 Å². The van der Waals surface area contributed by atoms with E-state index in [0.717, 1.165) is 29.4 Å². The lowest BCUT2D eigenvalue weighted by Gasteiger charge is -2.16. The SMILES string of the molecule is C=C(C)C(=O)OCCCCc1c(CCCCOC(=O)C(C)(C)C)ccc2cc(-c3ccc(OC(=O)C(=C)C)cc3)c(=O)oc12. The Morgan fingerprint density at radius 2 is 1.41 bits per heavy atom. The number of carbonyl (C=O) groups is 3. The van der Waals surface area contributed by atoms with Crippen molar-refractivity contribution >= 4 is 28.9 Å². The fraction of sp³-hybridized carbons (Fsp3) is 0.389. The first kappa shape index (κ1) is 34.0. The molecule has 3 aromatic rings. The van der Waals surface area contributed by atoms with E-state index in [1.165, 1.54) is 0 Å². The van der Waals surface area contributed by atoms with Crippen LogP contribution in [0.2, 0.25) is 0 Å². The average molecular weight is 603 g/mol. The van der Waals surface area contributed by atoms with E-state index in [2.05, 4.69) is 13.2 Å². The van der Waals surface area contributed by atoms with Crippen LogP contribution in [0.15, 0.2) is 76.0 Å². The van der Waals surface area contributed by atoms with Crippen LogP contribution in [0.25, 0.3) is 22.1 Å². The molecule has 234 valence electrons. The van der Waals surface area contributed by atoms with Crippen LogP contribution in [0.4, 0.5) is 0 Å². The van der Waals surface area contributed by atoms with Crippen molar-refractivity contribution in [3.05, 3.63) is 88.3 Å². The van der Waals surface area contributed by atoms with E-state index in [1.54, 1.807) is 38.1 Å². The standard InChI is InChI=1S/C36H42O8/c1-23(2)32(37)41-20-11-9-13-29-25(12-8-10-21-42-35(40)36(5,6)7)14-15-27-22-30(34(39)44-31(27)29)26-16-18-28(19-17-26)43-33(38)24(3)4/h14-19,22H,1,3,8-13,20-21H2,2,4-7H3. The number of rotatable bonds is 14. The topological polar surface area (TPSA) is 109 Å². The number of carbonyl (C=O) groups excluding carboxylic acids is 3. The molecule has 0 N–H and O–H groups in total. The number of hydrogen-bond acceptors (Lipinski definition) is 8. The highest BCUT2D eigenvalue weighted by Crippen LogP contribution is 2.29. The Labute approximate surface area is 258 Å². The van der Waals surface area contributed by atoms with Crippen LogP contribution in [0.3, 0.4) is 0 Å². The predicted octanol–water partition coefficient (Wildman–Crippen LogP) is 7.30. The van der Waals surface area contributed by atoms with Gasteiger partial charge < -0.3 is 18.6 Å². The summed E-state index contributed by atoms with van der Waals surface area (Å²) in [6.07, 6.45) is 4.20. The van der Waals surface area contributed by atoms with Crippen molar-refractivity contribution < 1.29 is 33.0 Å². The first-order chi connectivity index (χ1) is 20.8. The largest absolute Gasteiger partial charge is 0.465 e. The van der Waals surface area contributed by atoms with Crippen LogP contribution < -0.4 is 10.4 Å². The molecule has 0 saturated carbocycles. The molecule has 2 aromatic carbocycles. The summed E-state index contributed by atoms with van der Waals surface area (Å²) in [6.45, 7) is 16.5. The highest BCUT2D eigenvalue weighted by atomic mass is 16.5. The Hall–Kier alpha value is -4.46. The third kappa shape index (κ3) is 9.53. The Balaban J connectivity index is 1.82. The Kier molecular flexibility index (Phi) is 11.9. The molecule has 8 heteroatoms. The fourth-order valence-electron chi connectivity index (χ4n) is 4.38. The summed E-state index contributed by atoms with van der Waals surface area (Å²) < 4.78 is 21.8. The van der Waals surface area contributed by atoms with Crippen molar-refractivity contribution in [1.29, 1.82) is 0 Å². The van der Waals surface area contributed by atoms with E-state index in [9.17, 15) is 19.2 Å². The first-order valence-corrected chi connectivity index (χ1v) is 14.8. The number of unbranched alkanes of at least 4 members (excludes halogenated alkanes) is 2. The number of benzene rings is 2. The monoisotopic (exact) mass is 602 g/mol. The lowest BCUT2D eigenvalue weighted by Crippen LogP contribution is -2.23. The van der Waals surface area contributed by atoms with Crippen molar-refractivity contribution in [1.82, 2.24) is 0 Å². The highest BCUT2D eigenvalue weighted by molar-refractivity contribution is 5.89. The van der Waals surface area contributed by atoms with Gasteiger partial charge in [0.1, 0.15) is 11.3 Å². The van der Waals surface area contributed by atoms with E-state index >= 15 is 0 Å². The second-order valence-corrected chi connectivity index (χ2v) is 12.0. The zero-order valence-corrected chi connectivity index (χ0v) is 26.4. The van der Waals surface area contributed by atoms with Gasteiger partial charge in [0.25, 0.3) is 0 Å². The maximum atomic E-state index is 13.2. The minimum absolute atomic E-state index is 0.226. The molecule has 44 heavy (non-hydrogen) atoms. The molecular weight excluding hydrogens is 560 g/mol. The molecule has 0 amide bonds. The van der Waals surface area contributed by atoms with Crippen LogP contribution in [0.1, 0.15) is 71.4 Å². The number of hydrogen-bond donors (Lipinski definition) is 0. The summed E-state index contributed by atoms with van der Waals surface area (Å²) in [6, 6.07) is 12.4. The van der Waals surface area contributed by atoms with Crippen LogP contribution in [0, 0.1) is 5.41 Å². The van der Waals surface area contributed by atoms with E-state index in [0.29, 0.717) is 60.3 Å². The molecule has 3 rings (SSSR count). The highest BCUT2D eigenvalue weighted by Gasteiger charge is 2.22. The molecule has 0 bridgehead atoms. The molecule has 0 fully saturated rings. The molecule has 0 aliphatic carbocycles. The van der Waals surface area contributed by atoms with Gasteiger partial charge in [-0.25, -0.2) is 14.4 Å². The zero-order chi connectivity index (χ0) is 32.4. The smallest absolute Gasteiger partial charge is 0.344 e. The molecule has 0 aliphatic heterocycles. The first-order valence-electron chi connectivity index (χ1n) is 14.8. The maximum absolute atomic E-state index is 13.2. The minimum atomic E-state index is -0.542. The molecule has 0 radical (unpaired) electrons. The second-order valence-electron chi connectivity index (χ2n) is 12.0. The molecular formula is C36H42O8. The average Bonchev–Trinajstić information content (AvgIpc) is 2.96. The molecule has 1 heterocycles. The van der Waals surface area contributed by atoms with Gasteiger partial charge >= 0.3 is 23.5 Å². The summed E-state index contributed by atoms with van der Waals surface area (Å²) >= 11 is 0. The van der Waals surface area contributed by atoms with E-state index < -0.39 is 23.0 Å². The minimum Gasteiger partial charge on any atom is -0.465 e. The molecule has 8 nitrogen and oxygen atoms in total. The molecule has 0 saturated heterocycles. The molecule has 0 unspecified atom stereocenters. The summed E-state index contributed by atoms with van der Waals surface area (Å²) in [5, 5.41) is 0.781. The predicted molar refractivity (Wildman–Crippen MR) is 170 cm³/mol. The lowest BCUT2D eigenvalue weighted by molar-refractivity contribution is -0.153. The number of esters is 3. The van der Waals surface area contributed by atoms with Gasteiger partial charge in [0.2, 0.25) is 0 Å². The van der Waals surface area contributed by atoms with E-state index in [-0.39, 0.29) is 18.1 Å². The summed E-state index contributed by atoms with van der Waals surface area (Å²) in [5.74, 6) is -0.813. The molecule has 0 atom stereocenters. The van der Waals surface area contributed by atoms with Gasteiger partial charge in [0.05, 0.1) is 24.2 Å². The van der Waals surface area contributed by atoms with Gasteiger partial charge in [-0.15, -0.1) is 0 Å². The van der Waals surface area contributed by atoms with Crippen molar-refractivity contribution in [2.45, 2.75) is 73.1 Å². The van der Waals surface area contributed by atoms with Crippen molar-refractivity contribution in [2.24, 2.45) is 5.41 Å². The van der Waals surface area contributed by atoms with Gasteiger partial charge in [0, 0.05) is 16.5 Å². The summed E-state index contributed by atoms with van der Waals surface area (Å²) in [7, 11) is 0. The third-order valence-electron chi connectivity index (χ3n) is 6.92. The van der Waals surface area contributed by atoms with Gasteiger partial charge in [-0.05, 0) is 108 Å². The Morgan fingerprint density at radius 1 is 0.795 bits per heavy atom. The summed E-state index contributed by atoms with van der Waals surface area (Å²) in [4.78, 5) is 48.9.